The average molecular weight is 257 g/mol. The van der Waals surface area contributed by atoms with E-state index in [9.17, 15) is 0 Å². The van der Waals surface area contributed by atoms with E-state index in [1.807, 2.05) is 24.5 Å². The van der Waals surface area contributed by atoms with Crippen LogP contribution in [0.5, 0.6) is 5.75 Å². The molecule has 2 nitrogen and oxygen atoms in total. The van der Waals surface area contributed by atoms with Gasteiger partial charge in [-0.15, -0.1) is 0 Å². The molecule has 1 aromatic heterocycles. The maximum Gasteiger partial charge on any atom is 0.123 e. The lowest BCUT2D eigenvalue weighted by atomic mass is 10.1. The fourth-order valence-electron chi connectivity index (χ4n) is 2.42. The van der Waals surface area contributed by atoms with Crippen LogP contribution in [0.4, 0.5) is 0 Å². The molecule has 0 aliphatic heterocycles. The molecule has 0 atom stereocenters. The summed E-state index contributed by atoms with van der Waals surface area (Å²) in [6.45, 7) is 0. The molecule has 2 aromatic rings. The van der Waals surface area contributed by atoms with Gasteiger partial charge in [-0.3, -0.25) is 4.98 Å². The minimum atomic E-state index is 1.04. The molecule has 0 amide bonds. The molecule has 18 heavy (non-hydrogen) atoms. The van der Waals surface area contributed by atoms with Crippen LogP contribution in [0.1, 0.15) is 17.5 Å². The molecule has 0 N–H and O–H groups in total. The summed E-state index contributed by atoms with van der Waals surface area (Å²) in [5.41, 5.74) is 2.85. The molecule has 0 radical (unpaired) electrons. The van der Waals surface area contributed by atoms with Crippen molar-refractivity contribution in [3.05, 3.63) is 47.8 Å². The van der Waals surface area contributed by atoms with Crippen LogP contribution in [0.25, 0.3) is 0 Å². The van der Waals surface area contributed by atoms with E-state index in [0.717, 1.165) is 12.2 Å². The highest BCUT2D eigenvalue weighted by molar-refractivity contribution is 7.99. The molecular formula is C15H15NOS. The van der Waals surface area contributed by atoms with Gasteiger partial charge in [0.2, 0.25) is 0 Å². The van der Waals surface area contributed by atoms with Crippen LogP contribution in [-0.2, 0) is 12.8 Å². The molecule has 0 unspecified atom stereocenters. The molecule has 1 heterocycles. The van der Waals surface area contributed by atoms with E-state index in [4.69, 9.17) is 4.74 Å². The smallest absolute Gasteiger partial charge is 0.123 e. The maximum atomic E-state index is 5.51. The van der Waals surface area contributed by atoms with E-state index in [1.54, 1.807) is 18.9 Å². The highest BCUT2D eigenvalue weighted by Gasteiger charge is 2.17. The Bertz CT molecular complexity index is 554. The third-order valence-electron chi connectivity index (χ3n) is 3.25. The van der Waals surface area contributed by atoms with E-state index in [-0.39, 0.29) is 0 Å². The number of pyridine rings is 1. The third kappa shape index (κ3) is 2.23. The van der Waals surface area contributed by atoms with Gasteiger partial charge in [-0.05, 0) is 54.7 Å². The predicted octanol–water partition coefficient (Wildman–Crippen LogP) is 3.73. The highest BCUT2D eigenvalue weighted by Crippen LogP contribution is 2.37. The van der Waals surface area contributed by atoms with Crippen molar-refractivity contribution >= 4 is 11.8 Å². The Morgan fingerprint density at radius 1 is 1.11 bits per heavy atom. The van der Waals surface area contributed by atoms with Gasteiger partial charge in [0.1, 0.15) is 5.75 Å². The van der Waals surface area contributed by atoms with Crippen LogP contribution in [0, 0.1) is 0 Å². The van der Waals surface area contributed by atoms with E-state index in [0.29, 0.717) is 0 Å². The molecule has 0 fully saturated rings. The van der Waals surface area contributed by atoms with Gasteiger partial charge < -0.3 is 4.74 Å². The van der Waals surface area contributed by atoms with Gasteiger partial charge >= 0.3 is 0 Å². The van der Waals surface area contributed by atoms with Crippen LogP contribution < -0.4 is 4.74 Å². The van der Waals surface area contributed by atoms with Crippen molar-refractivity contribution in [1.29, 1.82) is 0 Å². The van der Waals surface area contributed by atoms with Crippen LogP contribution in [0.2, 0.25) is 0 Å². The zero-order valence-electron chi connectivity index (χ0n) is 10.3. The summed E-state index contributed by atoms with van der Waals surface area (Å²) in [7, 11) is 1.76. The van der Waals surface area contributed by atoms with Crippen molar-refractivity contribution in [2.45, 2.75) is 29.1 Å². The molecule has 0 saturated carbocycles. The Kier molecular flexibility index (Phi) is 3.24. The van der Waals surface area contributed by atoms with Gasteiger partial charge in [-0.25, -0.2) is 0 Å². The number of methoxy groups -OCH3 is 1. The first-order valence-corrected chi connectivity index (χ1v) is 6.96. The van der Waals surface area contributed by atoms with Crippen LogP contribution in [0.3, 0.4) is 0 Å². The summed E-state index contributed by atoms with van der Waals surface area (Å²) in [5.74, 6) is 1.04. The van der Waals surface area contributed by atoms with Gasteiger partial charge in [-0.2, -0.15) is 0 Å². The lowest BCUT2D eigenvalue weighted by molar-refractivity contribution is 0.409. The van der Waals surface area contributed by atoms with Gasteiger partial charge in [-0.1, -0.05) is 11.8 Å². The maximum absolute atomic E-state index is 5.51. The van der Waals surface area contributed by atoms with Gasteiger partial charge in [0.05, 0.1) is 7.11 Å². The van der Waals surface area contributed by atoms with E-state index in [2.05, 4.69) is 17.1 Å². The van der Waals surface area contributed by atoms with Crippen molar-refractivity contribution in [3.63, 3.8) is 0 Å². The largest absolute Gasteiger partial charge is 0.496 e. The minimum Gasteiger partial charge on any atom is -0.496 e. The first-order valence-electron chi connectivity index (χ1n) is 6.14. The zero-order valence-corrected chi connectivity index (χ0v) is 11.2. The summed E-state index contributed by atoms with van der Waals surface area (Å²) in [6.07, 6.45) is 7.23. The predicted molar refractivity (Wildman–Crippen MR) is 73.4 cm³/mol. The molecule has 1 aliphatic carbocycles. The number of benzene rings is 1. The lowest BCUT2D eigenvalue weighted by Crippen LogP contribution is -1.92. The molecule has 3 heteroatoms. The number of rotatable bonds is 3. The van der Waals surface area contributed by atoms with Crippen molar-refractivity contribution in [2.75, 3.05) is 7.11 Å². The Hall–Kier alpha value is -1.48. The average Bonchev–Trinajstić information content (AvgIpc) is 2.87. The van der Waals surface area contributed by atoms with Gasteiger partial charge in [0.15, 0.2) is 0 Å². The number of aryl methyl sites for hydroxylation is 1. The number of ether oxygens (including phenoxy) is 1. The first-order chi connectivity index (χ1) is 8.86. The molecule has 3 rings (SSSR count). The van der Waals surface area contributed by atoms with Gasteiger partial charge in [0, 0.05) is 22.2 Å². The molecule has 0 bridgehead atoms. The Morgan fingerprint density at radius 2 is 1.94 bits per heavy atom. The normalized spacial score (nSPS) is 13.4. The second-order valence-electron chi connectivity index (χ2n) is 4.40. The molecular weight excluding hydrogens is 242 g/mol. The number of aromatic nitrogens is 1. The second-order valence-corrected chi connectivity index (χ2v) is 5.55. The summed E-state index contributed by atoms with van der Waals surface area (Å²) in [5, 5.41) is 0. The molecule has 1 aliphatic rings. The molecule has 0 spiro atoms. The third-order valence-corrected chi connectivity index (χ3v) is 4.23. The van der Waals surface area contributed by atoms with E-state index >= 15 is 0 Å². The quantitative estimate of drug-likeness (QED) is 0.836. The van der Waals surface area contributed by atoms with E-state index in [1.165, 1.54) is 33.8 Å². The Balaban J connectivity index is 1.94. The summed E-state index contributed by atoms with van der Waals surface area (Å²) in [6, 6.07) is 8.51. The van der Waals surface area contributed by atoms with Crippen molar-refractivity contribution in [1.82, 2.24) is 4.98 Å². The fourth-order valence-corrected chi connectivity index (χ4v) is 3.32. The minimum absolute atomic E-state index is 1.04. The first kappa shape index (κ1) is 11.6. The van der Waals surface area contributed by atoms with Crippen LogP contribution in [0.15, 0.2) is 46.5 Å². The lowest BCUT2D eigenvalue weighted by Gasteiger charge is -2.10. The number of nitrogens with zero attached hydrogens (tertiary/aromatic N) is 1. The van der Waals surface area contributed by atoms with Crippen molar-refractivity contribution in [3.8, 4) is 5.75 Å². The standard InChI is InChI=1S/C15H15NOS/c1-17-15-10-13(9-11-3-2-4-14(11)15)18-12-5-7-16-8-6-12/h5-10H,2-4H2,1H3. The number of hydrogen-bond donors (Lipinski definition) is 0. The highest BCUT2D eigenvalue weighted by atomic mass is 32.2. The monoisotopic (exact) mass is 257 g/mol. The number of hydrogen-bond acceptors (Lipinski definition) is 3. The summed E-state index contributed by atoms with van der Waals surface area (Å²) in [4.78, 5) is 6.50. The topological polar surface area (TPSA) is 22.1 Å². The molecule has 0 saturated heterocycles. The fraction of sp³-hybridized carbons (Fsp3) is 0.267. The zero-order chi connectivity index (χ0) is 12.4. The van der Waals surface area contributed by atoms with E-state index < -0.39 is 0 Å². The number of fused-ring (bicyclic) bond motifs is 1. The van der Waals surface area contributed by atoms with Crippen molar-refractivity contribution in [2.24, 2.45) is 0 Å². The second kappa shape index (κ2) is 5.02. The molecule has 92 valence electrons. The Morgan fingerprint density at radius 3 is 2.72 bits per heavy atom. The SMILES string of the molecule is COc1cc(Sc2ccncc2)cc2c1CCC2. The molecule has 1 aromatic carbocycles. The summed E-state index contributed by atoms with van der Waals surface area (Å²) >= 11 is 1.76. The Labute approximate surface area is 111 Å². The van der Waals surface area contributed by atoms with Crippen LogP contribution >= 0.6 is 11.8 Å². The summed E-state index contributed by atoms with van der Waals surface area (Å²) < 4.78 is 5.51. The van der Waals surface area contributed by atoms with Crippen LogP contribution in [-0.4, -0.2) is 12.1 Å². The van der Waals surface area contributed by atoms with Crippen molar-refractivity contribution < 1.29 is 4.74 Å². The van der Waals surface area contributed by atoms with Gasteiger partial charge in [0.25, 0.3) is 0 Å².